The maximum Gasteiger partial charge on any atom is 0.193 e. The van der Waals surface area contributed by atoms with Crippen molar-refractivity contribution in [2.75, 3.05) is 39.3 Å². The molecule has 0 atom stereocenters. The number of sulfone groups is 1. The molecule has 6 nitrogen and oxygen atoms in total. The molecule has 0 heterocycles. The van der Waals surface area contributed by atoms with Crippen molar-refractivity contribution in [2.24, 2.45) is 4.99 Å². The summed E-state index contributed by atoms with van der Waals surface area (Å²) in [5.41, 5.74) is 1.12. The fraction of sp³-hybridized carbons (Fsp3) is 0.533. The Morgan fingerprint density at radius 1 is 1.32 bits per heavy atom. The zero-order valence-electron chi connectivity index (χ0n) is 13.7. The van der Waals surface area contributed by atoms with E-state index in [1.54, 1.807) is 7.05 Å². The first kappa shape index (κ1) is 18.3. The van der Waals surface area contributed by atoms with Crippen LogP contribution in [0, 0.1) is 0 Å². The van der Waals surface area contributed by atoms with Crippen LogP contribution in [0.1, 0.15) is 12.5 Å². The Hall–Kier alpha value is -1.76. The van der Waals surface area contributed by atoms with Crippen LogP contribution in [-0.4, -0.2) is 58.5 Å². The van der Waals surface area contributed by atoms with Crippen LogP contribution in [0.25, 0.3) is 0 Å². The summed E-state index contributed by atoms with van der Waals surface area (Å²) >= 11 is 0. The number of benzene rings is 1. The molecular weight excluding hydrogens is 302 g/mol. The van der Waals surface area contributed by atoms with Gasteiger partial charge in [-0.15, -0.1) is 0 Å². The van der Waals surface area contributed by atoms with Crippen LogP contribution in [0.3, 0.4) is 0 Å². The van der Waals surface area contributed by atoms with Crippen molar-refractivity contribution in [2.45, 2.75) is 13.5 Å². The summed E-state index contributed by atoms with van der Waals surface area (Å²) in [6, 6.07) is 7.88. The van der Waals surface area contributed by atoms with Crippen molar-refractivity contribution >= 4 is 15.8 Å². The molecule has 0 unspecified atom stereocenters. The molecule has 0 aliphatic rings. The number of aliphatic imine (C=N–C) groups is 1. The molecule has 1 rings (SSSR count). The van der Waals surface area contributed by atoms with Crippen molar-refractivity contribution in [1.82, 2.24) is 10.2 Å². The summed E-state index contributed by atoms with van der Waals surface area (Å²) in [7, 11) is 0.614. The highest BCUT2D eigenvalue weighted by Crippen LogP contribution is 2.13. The Bertz CT molecular complexity index is 583. The second-order valence-corrected chi connectivity index (χ2v) is 7.30. The summed E-state index contributed by atoms with van der Waals surface area (Å²) in [4.78, 5) is 6.11. The fourth-order valence-electron chi connectivity index (χ4n) is 1.94. The maximum absolute atomic E-state index is 11.1. The molecule has 1 N–H and O–H groups in total. The van der Waals surface area contributed by atoms with E-state index in [9.17, 15) is 8.42 Å². The lowest BCUT2D eigenvalue weighted by Crippen LogP contribution is -2.40. The Balaban J connectivity index is 2.55. The molecule has 0 amide bonds. The van der Waals surface area contributed by atoms with Gasteiger partial charge in [0.05, 0.1) is 12.4 Å². The van der Waals surface area contributed by atoms with Crippen molar-refractivity contribution in [3.05, 3.63) is 29.8 Å². The Morgan fingerprint density at radius 2 is 1.95 bits per heavy atom. The number of guanidine groups is 1. The third-order valence-electron chi connectivity index (χ3n) is 2.98. The van der Waals surface area contributed by atoms with Gasteiger partial charge in [0.25, 0.3) is 0 Å². The minimum Gasteiger partial charge on any atom is -0.494 e. The molecule has 7 heteroatoms. The normalized spacial score (nSPS) is 12.1. The van der Waals surface area contributed by atoms with Crippen LogP contribution in [0.5, 0.6) is 5.75 Å². The number of hydrogen-bond acceptors (Lipinski definition) is 4. The number of nitrogens with one attached hydrogen (secondary N) is 1. The topological polar surface area (TPSA) is 71.0 Å². The van der Waals surface area contributed by atoms with Crippen LogP contribution in [0.15, 0.2) is 29.3 Å². The molecule has 1 aromatic rings. The largest absolute Gasteiger partial charge is 0.494 e. The third kappa shape index (κ3) is 6.80. The number of rotatable bonds is 7. The predicted molar refractivity (Wildman–Crippen MR) is 90.2 cm³/mol. The Morgan fingerprint density at radius 3 is 2.45 bits per heavy atom. The molecule has 0 spiro atoms. The number of hydrogen-bond donors (Lipinski definition) is 1. The van der Waals surface area contributed by atoms with E-state index in [2.05, 4.69) is 10.3 Å². The van der Waals surface area contributed by atoms with Gasteiger partial charge in [0.1, 0.15) is 15.6 Å². The van der Waals surface area contributed by atoms with E-state index in [4.69, 9.17) is 4.74 Å². The van der Waals surface area contributed by atoms with Crippen molar-refractivity contribution < 1.29 is 13.2 Å². The van der Waals surface area contributed by atoms with Crippen LogP contribution in [0.2, 0.25) is 0 Å². The lowest BCUT2D eigenvalue weighted by atomic mass is 10.2. The SMILES string of the molecule is CCOc1ccc(CN(C)C(=NC)NCCS(C)(=O)=O)cc1. The summed E-state index contributed by atoms with van der Waals surface area (Å²) in [5, 5.41) is 3.05. The first-order valence-corrected chi connectivity index (χ1v) is 9.23. The Kier molecular flexibility index (Phi) is 7.17. The summed E-state index contributed by atoms with van der Waals surface area (Å²) < 4.78 is 27.7. The molecule has 0 radical (unpaired) electrons. The van der Waals surface area contributed by atoms with Gasteiger partial charge in [0, 0.05) is 33.4 Å². The van der Waals surface area contributed by atoms with E-state index in [0.29, 0.717) is 25.7 Å². The zero-order valence-corrected chi connectivity index (χ0v) is 14.5. The minimum absolute atomic E-state index is 0.0862. The van der Waals surface area contributed by atoms with Gasteiger partial charge in [-0.2, -0.15) is 0 Å². The molecule has 0 fully saturated rings. The van der Waals surface area contributed by atoms with E-state index in [1.807, 2.05) is 43.1 Å². The predicted octanol–water partition coefficient (Wildman–Crippen LogP) is 1.14. The minimum atomic E-state index is -2.97. The lowest BCUT2D eigenvalue weighted by molar-refractivity contribution is 0.340. The average molecular weight is 327 g/mol. The standard InChI is InChI=1S/C15H25N3O3S/c1-5-21-14-8-6-13(7-9-14)12-18(3)15(16-2)17-10-11-22(4,19)20/h6-9H,5,10-12H2,1-4H3,(H,16,17). The first-order chi connectivity index (χ1) is 10.4. The average Bonchev–Trinajstić information content (AvgIpc) is 2.45. The quantitative estimate of drug-likeness (QED) is 0.601. The summed E-state index contributed by atoms with van der Waals surface area (Å²) in [5.74, 6) is 1.60. The molecule has 1 aromatic carbocycles. The van der Waals surface area contributed by atoms with Gasteiger partial charge in [-0.25, -0.2) is 8.42 Å². The van der Waals surface area contributed by atoms with E-state index < -0.39 is 9.84 Å². The van der Waals surface area contributed by atoms with E-state index in [0.717, 1.165) is 11.3 Å². The molecule has 0 aliphatic carbocycles. The van der Waals surface area contributed by atoms with E-state index >= 15 is 0 Å². The first-order valence-electron chi connectivity index (χ1n) is 7.17. The second-order valence-electron chi connectivity index (χ2n) is 5.04. The molecule has 0 aromatic heterocycles. The molecule has 0 aliphatic heterocycles. The molecular formula is C15H25N3O3S. The van der Waals surface area contributed by atoms with Gasteiger partial charge >= 0.3 is 0 Å². The van der Waals surface area contributed by atoms with Crippen LogP contribution >= 0.6 is 0 Å². The van der Waals surface area contributed by atoms with Gasteiger partial charge in [-0.3, -0.25) is 4.99 Å². The highest BCUT2D eigenvalue weighted by Gasteiger charge is 2.08. The van der Waals surface area contributed by atoms with E-state index in [-0.39, 0.29) is 5.75 Å². The van der Waals surface area contributed by atoms with Crippen LogP contribution in [0.4, 0.5) is 0 Å². The van der Waals surface area contributed by atoms with Gasteiger partial charge < -0.3 is 15.0 Å². The number of nitrogens with zero attached hydrogens (tertiary/aromatic N) is 2. The van der Waals surface area contributed by atoms with Gasteiger partial charge in [0.2, 0.25) is 0 Å². The van der Waals surface area contributed by atoms with Crippen molar-refractivity contribution in [3.8, 4) is 5.75 Å². The van der Waals surface area contributed by atoms with Gasteiger partial charge in [-0.05, 0) is 24.6 Å². The molecule has 0 saturated heterocycles. The Labute approximate surface area is 133 Å². The lowest BCUT2D eigenvalue weighted by Gasteiger charge is -2.22. The third-order valence-corrected chi connectivity index (χ3v) is 3.93. The summed E-state index contributed by atoms with van der Waals surface area (Å²) in [6.45, 7) is 3.62. The molecule has 22 heavy (non-hydrogen) atoms. The second kappa shape index (κ2) is 8.63. The molecule has 0 bridgehead atoms. The van der Waals surface area contributed by atoms with E-state index in [1.165, 1.54) is 6.26 Å². The highest BCUT2D eigenvalue weighted by atomic mass is 32.2. The van der Waals surface area contributed by atoms with Crippen molar-refractivity contribution in [3.63, 3.8) is 0 Å². The monoisotopic (exact) mass is 327 g/mol. The molecule has 124 valence electrons. The van der Waals surface area contributed by atoms with Crippen molar-refractivity contribution in [1.29, 1.82) is 0 Å². The maximum atomic E-state index is 11.1. The van der Waals surface area contributed by atoms with Gasteiger partial charge in [0.15, 0.2) is 5.96 Å². The van der Waals surface area contributed by atoms with Crippen LogP contribution in [-0.2, 0) is 16.4 Å². The smallest absolute Gasteiger partial charge is 0.193 e. The zero-order chi connectivity index (χ0) is 16.6. The van der Waals surface area contributed by atoms with Crippen LogP contribution < -0.4 is 10.1 Å². The summed E-state index contributed by atoms with van der Waals surface area (Å²) in [6.07, 6.45) is 1.22. The highest BCUT2D eigenvalue weighted by molar-refractivity contribution is 7.90. The number of ether oxygens (including phenoxy) is 1. The molecule has 0 saturated carbocycles. The fourth-order valence-corrected chi connectivity index (χ4v) is 2.41. The van der Waals surface area contributed by atoms with Gasteiger partial charge in [-0.1, -0.05) is 12.1 Å².